The van der Waals surface area contributed by atoms with E-state index in [0.29, 0.717) is 27.2 Å². The number of aliphatic carboxylic acids is 1. The summed E-state index contributed by atoms with van der Waals surface area (Å²) in [5, 5.41) is 23.6. The molecule has 0 saturated carbocycles. The normalized spacial score (nSPS) is 19.9. The van der Waals surface area contributed by atoms with Gasteiger partial charge in [0.05, 0.1) is 0 Å². The van der Waals surface area contributed by atoms with E-state index in [1.165, 1.54) is 39.8 Å². The third kappa shape index (κ3) is 5.71. The van der Waals surface area contributed by atoms with E-state index in [2.05, 4.69) is 30.0 Å². The van der Waals surface area contributed by atoms with Crippen LogP contribution in [-0.2, 0) is 19.2 Å². The minimum Gasteiger partial charge on any atom is -0.477 e. The molecule has 1 unspecified atom stereocenters. The van der Waals surface area contributed by atoms with Crippen molar-refractivity contribution in [3.63, 3.8) is 0 Å². The van der Waals surface area contributed by atoms with E-state index in [9.17, 15) is 19.5 Å². The minimum absolute atomic E-state index is 0.0174. The molecule has 13 nitrogen and oxygen atoms in total. The number of amides is 2. The van der Waals surface area contributed by atoms with Crippen LogP contribution >= 0.6 is 58.2 Å². The molecular weight excluding hydrogens is 557 g/mol. The van der Waals surface area contributed by atoms with Gasteiger partial charge in [-0.1, -0.05) is 28.3 Å². The van der Waals surface area contributed by atoms with E-state index in [0.717, 1.165) is 11.5 Å². The molecule has 1 saturated heterocycles. The van der Waals surface area contributed by atoms with Gasteiger partial charge in [0, 0.05) is 28.8 Å². The molecule has 0 bridgehead atoms. The van der Waals surface area contributed by atoms with Crippen molar-refractivity contribution in [3.05, 3.63) is 22.6 Å². The molecule has 0 aliphatic carbocycles. The number of carboxylic acid groups (broad SMARTS) is 1. The number of hydrogen-bond acceptors (Lipinski definition) is 15. The van der Waals surface area contributed by atoms with Crippen LogP contribution in [0.15, 0.2) is 26.3 Å². The number of anilines is 1. The van der Waals surface area contributed by atoms with Gasteiger partial charge in [0.25, 0.3) is 11.8 Å². The fourth-order valence-corrected chi connectivity index (χ4v) is 6.77. The van der Waals surface area contributed by atoms with Crippen molar-refractivity contribution in [1.82, 2.24) is 29.8 Å². The first-order valence-corrected chi connectivity index (χ1v) is 14.9. The fraction of sp³-hybridized carbons (Fsp3) is 0.412. The van der Waals surface area contributed by atoms with Gasteiger partial charge in [-0.15, -0.1) is 22.0 Å². The van der Waals surface area contributed by atoms with Gasteiger partial charge in [-0.25, -0.2) is 4.79 Å². The summed E-state index contributed by atoms with van der Waals surface area (Å²) in [4.78, 5) is 48.3. The lowest BCUT2D eigenvalue weighted by Crippen LogP contribution is -2.71. The lowest BCUT2D eigenvalue weighted by atomic mass is 10.0. The molecule has 186 valence electrons. The van der Waals surface area contributed by atoms with Gasteiger partial charge in [0.15, 0.2) is 9.47 Å². The van der Waals surface area contributed by atoms with Crippen LogP contribution in [0.25, 0.3) is 0 Å². The zero-order valence-corrected chi connectivity index (χ0v) is 22.0. The van der Waals surface area contributed by atoms with Crippen LogP contribution in [0, 0.1) is 0 Å². The average molecular weight is 575 g/mol. The van der Waals surface area contributed by atoms with Crippen molar-refractivity contribution in [1.29, 1.82) is 0 Å². The molecule has 2 aliphatic rings. The molecule has 2 aromatic rings. The highest BCUT2D eigenvalue weighted by molar-refractivity contribution is 8.01. The quantitative estimate of drug-likeness (QED) is 0.111. The Bertz CT molecular complexity index is 1170. The van der Waals surface area contributed by atoms with Gasteiger partial charge < -0.3 is 21.0 Å². The summed E-state index contributed by atoms with van der Waals surface area (Å²) in [7, 11) is 0. The van der Waals surface area contributed by atoms with E-state index >= 15 is 0 Å². The lowest BCUT2D eigenvalue weighted by Gasteiger charge is -2.49. The van der Waals surface area contributed by atoms with Crippen molar-refractivity contribution < 1.29 is 24.3 Å². The number of nitrogens with one attached hydrogen (secondary N) is 1. The molecule has 0 spiro atoms. The van der Waals surface area contributed by atoms with Crippen molar-refractivity contribution in [2.75, 3.05) is 35.9 Å². The van der Waals surface area contributed by atoms with Crippen molar-refractivity contribution in [2.24, 2.45) is 5.16 Å². The molecule has 2 aromatic heterocycles. The average Bonchev–Trinajstić information content (AvgIpc) is 3.52. The first-order valence-electron chi connectivity index (χ1n) is 9.79. The van der Waals surface area contributed by atoms with Crippen LogP contribution < -0.4 is 11.1 Å². The first kappa shape index (κ1) is 25.7. The predicted molar refractivity (Wildman–Crippen MR) is 136 cm³/mol. The number of carbonyl (C=O) groups is 3. The number of aromatic nitrogens is 4. The molecule has 2 aliphatic heterocycles. The first-order chi connectivity index (χ1) is 16.9. The minimum atomic E-state index is -1.20. The second kappa shape index (κ2) is 11.5. The molecule has 1 fully saturated rings. The Morgan fingerprint density at radius 2 is 2.29 bits per heavy atom. The van der Waals surface area contributed by atoms with Crippen LogP contribution in [0.2, 0.25) is 0 Å². The molecule has 4 heterocycles. The van der Waals surface area contributed by atoms with E-state index in [4.69, 9.17) is 10.6 Å². The number of rotatable bonds is 11. The molecule has 2 atom stereocenters. The second-order valence-corrected chi connectivity index (χ2v) is 11.8. The number of thioether (sulfide) groups is 3. The maximum Gasteiger partial charge on any atom is 0.352 e. The van der Waals surface area contributed by atoms with Crippen LogP contribution in [0.3, 0.4) is 0 Å². The summed E-state index contributed by atoms with van der Waals surface area (Å²) in [6.45, 7) is 0.261. The van der Waals surface area contributed by atoms with E-state index in [-0.39, 0.29) is 29.0 Å². The van der Waals surface area contributed by atoms with Gasteiger partial charge in [-0.3, -0.25) is 14.5 Å². The summed E-state index contributed by atoms with van der Waals surface area (Å²) in [5.74, 6) is -1.06. The summed E-state index contributed by atoms with van der Waals surface area (Å²) < 4.78 is 4.71. The summed E-state index contributed by atoms with van der Waals surface area (Å²) in [5.41, 5.74) is 7.55. The van der Waals surface area contributed by atoms with Gasteiger partial charge in [-0.05, 0) is 11.8 Å². The topological polar surface area (TPSA) is 186 Å². The van der Waals surface area contributed by atoms with Crippen molar-refractivity contribution >= 4 is 86.8 Å². The third-order valence-electron chi connectivity index (χ3n) is 4.65. The van der Waals surface area contributed by atoms with Crippen LogP contribution in [-0.4, -0.2) is 94.6 Å². The standard InChI is InChI=1S/C17H18N8O5S5/c1-31-3-2-30-23-8(11-21-16(18)35-24-11)12(26)20-9-13(27)25-10(15(28)29)7(4-32-14(9)25)5-33-17-22-19-6-34-17/h6,9,14H,2-5H2,1H3,(H,20,26)(H,28,29)(H2,18,21,24)/t9?,14-/m0/s1. The van der Waals surface area contributed by atoms with Crippen molar-refractivity contribution in [3.8, 4) is 0 Å². The van der Waals surface area contributed by atoms with Gasteiger partial charge in [0.1, 0.15) is 29.2 Å². The SMILES string of the molecule is CSCCON=C(C(=O)NC1C(=O)N2C(C(=O)O)=C(CSc3nncs3)CS[C@@H]12)c1nsc(N)n1. The number of oxime groups is 1. The molecule has 35 heavy (non-hydrogen) atoms. The number of nitrogen functional groups attached to an aromatic ring is 1. The number of carboxylic acids is 1. The maximum atomic E-state index is 13.0. The van der Waals surface area contributed by atoms with Crippen LogP contribution in [0.1, 0.15) is 5.82 Å². The molecule has 4 rings (SSSR count). The second-order valence-electron chi connectivity index (χ2n) is 6.83. The number of nitrogens with zero attached hydrogens (tertiary/aromatic N) is 6. The van der Waals surface area contributed by atoms with Crippen LogP contribution in [0.4, 0.5) is 5.13 Å². The monoisotopic (exact) mass is 574 g/mol. The Balaban J connectivity index is 1.47. The largest absolute Gasteiger partial charge is 0.477 e. The molecule has 0 radical (unpaired) electrons. The molecule has 0 aromatic carbocycles. The molecule has 2 amide bonds. The Morgan fingerprint density at radius 3 is 2.94 bits per heavy atom. The maximum absolute atomic E-state index is 13.0. The summed E-state index contributed by atoms with van der Waals surface area (Å²) in [6.07, 6.45) is 1.90. The smallest absolute Gasteiger partial charge is 0.352 e. The summed E-state index contributed by atoms with van der Waals surface area (Å²) >= 11 is 6.52. The Kier molecular flexibility index (Phi) is 8.47. The lowest BCUT2D eigenvalue weighted by molar-refractivity contribution is -0.150. The number of fused-ring (bicyclic) bond motifs is 1. The van der Waals surface area contributed by atoms with Crippen LogP contribution in [0.5, 0.6) is 0 Å². The number of β-lactam (4-membered cyclic amide) rings is 1. The Hall–Kier alpha value is -2.41. The zero-order chi connectivity index (χ0) is 24.9. The van der Waals surface area contributed by atoms with E-state index in [1.807, 2.05) is 6.26 Å². The number of nitrogens with two attached hydrogens (primary N) is 1. The fourth-order valence-electron chi connectivity index (χ4n) is 3.12. The number of carbonyl (C=O) groups excluding carboxylic acids is 2. The molecule has 18 heteroatoms. The van der Waals surface area contributed by atoms with Gasteiger partial charge in [-0.2, -0.15) is 21.1 Å². The van der Waals surface area contributed by atoms with E-state index < -0.39 is 29.2 Å². The molecule has 4 N–H and O–H groups in total. The van der Waals surface area contributed by atoms with Gasteiger partial charge in [0.2, 0.25) is 11.5 Å². The predicted octanol–water partition coefficient (Wildman–Crippen LogP) is 0.586. The summed E-state index contributed by atoms with van der Waals surface area (Å²) in [6, 6.07) is -0.938. The van der Waals surface area contributed by atoms with E-state index in [1.54, 1.807) is 17.3 Å². The number of hydrogen-bond donors (Lipinski definition) is 3. The Morgan fingerprint density at radius 1 is 1.46 bits per heavy atom. The highest BCUT2D eigenvalue weighted by atomic mass is 32.2. The third-order valence-corrected chi connectivity index (χ3v) is 9.05. The van der Waals surface area contributed by atoms with Crippen molar-refractivity contribution in [2.45, 2.75) is 15.8 Å². The highest BCUT2D eigenvalue weighted by Gasteiger charge is 2.54. The highest BCUT2D eigenvalue weighted by Crippen LogP contribution is 2.41. The molecular formula is C17H18N8O5S5. The van der Waals surface area contributed by atoms with Gasteiger partial charge >= 0.3 is 5.97 Å². The zero-order valence-electron chi connectivity index (χ0n) is 17.9. The Labute approximate surface area is 219 Å².